The maximum atomic E-state index is 8.93. The van der Waals surface area contributed by atoms with Gasteiger partial charge in [-0.05, 0) is 19.2 Å². The van der Waals surface area contributed by atoms with Gasteiger partial charge in [0.1, 0.15) is 19.3 Å². The third-order valence-corrected chi connectivity index (χ3v) is 3.62. The second-order valence-electron chi connectivity index (χ2n) is 5.31. The molecule has 1 atom stereocenters. The van der Waals surface area contributed by atoms with Crippen molar-refractivity contribution in [3.8, 4) is 17.6 Å². The first kappa shape index (κ1) is 13.9. The first-order valence-electron chi connectivity index (χ1n) is 7.05. The zero-order valence-electron chi connectivity index (χ0n) is 12.0. The normalized spacial score (nSPS) is 21.7. The quantitative estimate of drug-likeness (QED) is 0.846. The van der Waals surface area contributed by atoms with Crippen molar-refractivity contribution >= 4 is 6.08 Å². The molecule has 2 aliphatic rings. The summed E-state index contributed by atoms with van der Waals surface area (Å²) in [5.74, 6) is 1.42. The Hall–Kier alpha value is -2.03. The first-order valence-corrected chi connectivity index (χ1v) is 7.05. The van der Waals surface area contributed by atoms with E-state index < -0.39 is 0 Å². The highest BCUT2D eigenvalue weighted by atomic mass is 16.5. The van der Waals surface area contributed by atoms with Gasteiger partial charge in [-0.3, -0.25) is 0 Å². The highest BCUT2D eigenvalue weighted by molar-refractivity contribution is 5.68. The molecule has 3 rings (SSSR count). The second-order valence-corrected chi connectivity index (χ2v) is 5.31. The van der Waals surface area contributed by atoms with Crippen LogP contribution in [0, 0.1) is 11.3 Å². The SMILES string of the molecule is CN1CCO[C@H](COc2cccc3c2OCC(C#N)=C3)C1. The molecule has 21 heavy (non-hydrogen) atoms. The summed E-state index contributed by atoms with van der Waals surface area (Å²) < 4.78 is 17.2. The van der Waals surface area contributed by atoms with Crippen LogP contribution in [-0.2, 0) is 4.74 Å². The molecule has 0 amide bonds. The Balaban J connectivity index is 1.70. The lowest BCUT2D eigenvalue weighted by molar-refractivity contribution is -0.0406. The van der Waals surface area contributed by atoms with Crippen LogP contribution in [0.3, 0.4) is 0 Å². The van der Waals surface area contributed by atoms with E-state index in [1.165, 1.54) is 0 Å². The van der Waals surface area contributed by atoms with Crippen molar-refractivity contribution < 1.29 is 14.2 Å². The molecule has 0 spiro atoms. The van der Waals surface area contributed by atoms with E-state index in [4.69, 9.17) is 19.5 Å². The Morgan fingerprint density at radius 2 is 2.38 bits per heavy atom. The van der Waals surface area contributed by atoms with Crippen LogP contribution < -0.4 is 9.47 Å². The van der Waals surface area contributed by atoms with Crippen LogP contribution in [0.15, 0.2) is 23.8 Å². The van der Waals surface area contributed by atoms with E-state index in [1.807, 2.05) is 24.3 Å². The summed E-state index contributed by atoms with van der Waals surface area (Å²) in [6.07, 6.45) is 1.92. The number of rotatable bonds is 3. The van der Waals surface area contributed by atoms with E-state index >= 15 is 0 Å². The standard InChI is InChI=1S/C16H18N2O3/c1-18-5-6-19-14(9-18)11-20-15-4-2-3-13-7-12(8-17)10-21-16(13)15/h2-4,7,14H,5-6,9-11H2,1H3/t14-/m0/s1. The minimum atomic E-state index is 0.0772. The van der Waals surface area contributed by atoms with Crippen LogP contribution in [-0.4, -0.2) is 51.0 Å². The molecule has 0 N–H and O–H groups in total. The van der Waals surface area contributed by atoms with Gasteiger partial charge in [-0.2, -0.15) is 5.26 Å². The molecule has 0 radical (unpaired) electrons. The summed E-state index contributed by atoms with van der Waals surface area (Å²) in [5, 5.41) is 8.93. The lowest BCUT2D eigenvalue weighted by Gasteiger charge is -2.30. The van der Waals surface area contributed by atoms with Gasteiger partial charge in [-0.1, -0.05) is 12.1 Å². The van der Waals surface area contributed by atoms with E-state index in [9.17, 15) is 0 Å². The van der Waals surface area contributed by atoms with Crippen molar-refractivity contribution in [3.05, 3.63) is 29.3 Å². The van der Waals surface area contributed by atoms with Gasteiger partial charge in [0, 0.05) is 18.7 Å². The maximum Gasteiger partial charge on any atom is 0.168 e. The van der Waals surface area contributed by atoms with Gasteiger partial charge in [0.2, 0.25) is 0 Å². The van der Waals surface area contributed by atoms with Crippen LogP contribution in [0.2, 0.25) is 0 Å². The number of benzene rings is 1. The van der Waals surface area contributed by atoms with Crippen LogP contribution in [0.4, 0.5) is 0 Å². The number of likely N-dealkylation sites (N-methyl/N-ethyl adjacent to an activating group) is 1. The third-order valence-electron chi connectivity index (χ3n) is 3.62. The summed E-state index contributed by atoms with van der Waals surface area (Å²) in [7, 11) is 2.08. The predicted octanol–water partition coefficient (Wildman–Crippen LogP) is 1.70. The molecule has 0 bridgehead atoms. The number of fused-ring (bicyclic) bond motifs is 1. The zero-order chi connectivity index (χ0) is 14.7. The van der Waals surface area contributed by atoms with E-state index in [-0.39, 0.29) is 6.10 Å². The molecular weight excluding hydrogens is 268 g/mol. The number of hydrogen-bond acceptors (Lipinski definition) is 5. The molecule has 5 nitrogen and oxygen atoms in total. The van der Waals surface area contributed by atoms with Crippen molar-refractivity contribution in [1.82, 2.24) is 4.90 Å². The van der Waals surface area contributed by atoms with E-state index in [2.05, 4.69) is 18.0 Å². The molecule has 1 aromatic carbocycles. The molecule has 0 saturated carbocycles. The summed E-state index contributed by atoms with van der Waals surface area (Å²) in [5.41, 5.74) is 1.51. The lowest BCUT2D eigenvalue weighted by atomic mass is 10.1. The number of nitrogens with zero attached hydrogens (tertiary/aromatic N) is 2. The first-order chi connectivity index (χ1) is 10.3. The fourth-order valence-corrected chi connectivity index (χ4v) is 2.51. The molecule has 2 heterocycles. The van der Waals surface area contributed by atoms with E-state index in [1.54, 1.807) is 0 Å². The molecule has 1 fully saturated rings. The minimum absolute atomic E-state index is 0.0772. The van der Waals surface area contributed by atoms with Crippen LogP contribution in [0.1, 0.15) is 5.56 Å². The monoisotopic (exact) mass is 286 g/mol. The van der Waals surface area contributed by atoms with E-state index in [0.717, 1.165) is 25.3 Å². The molecule has 1 saturated heterocycles. The van der Waals surface area contributed by atoms with Gasteiger partial charge in [0.05, 0.1) is 18.2 Å². The Morgan fingerprint density at radius 1 is 1.48 bits per heavy atom. The Bertz CT molecular complexity index is 592. The van der Waals surface area contributed by atoms with Crippen LogP contribution >= 0.6 is 0 Å². The molecule has 0 aromatic heterocycles. The van der Waals surface area contributed by atoms with Crippen molar-refractivity contribution in [2.75, 3.05) is 40.0 Å². The topological polar surface area (TPSA) is 54.7 Å². The van der Waals surface area contributed by atoms with Crippen molar-refractivity contribution in [1.29, 1.82) is 5.26 Å². The largest absolute Gasteiger partial charge is 0.487 e. The predicted molar refractivity (Wildman–Crippen MR) is 78.3 cm³/mol. The maximum absolute atomic E-state index is 8.93. The van der Waals surface area contributed by atoms with Crippen LogP contribution in [0.5, 0.6) is 11.5 Å². The van der Waals surface area contributed by atoms with Crippen molar-refractivity contribution in [3.63, 3.8) is 0 Å². The lowest BCUT2D eigenvalue weighted by Crippen LogP contribution is -2.42. The van der Waals surface area contributed by atoms with Crippen LogP contribution in [0.25, 0.3) is 6.08 Å². The van der Waals surface area contributed by atoms with E-state index in [0.29, 0.717) is 30.3 Å². The fraction of sp³-hybridized carbons (Fsp3) is 0.438. The average Bonchev–Trinajstić information content (AvgIpc) is 2.52. The van der Waals surface area contributed by atoms with Gasteiger partial charge in [-0.15, -0.1) is 0 Å². The Labute approximate surface area is 124 Å². The van der Waals surface area contributed by atoms with Gasteiger partial charge in [0.15, 0.2) is 11.5 Å². The molecule has 0 unspecified atom stereocenters. The molecule has 2 aliphatic heterocycles. The second kappa shape index (κ2) is 6.17. The zero-order valence-corrected chi connectivity index (χ0v) is 12.0. The highest BCUT2D eigenvalue weighted by Gasteiger charge is 2.20. The number of nitriles is 1. The molecule has 0 aliphatic carbocycles. The number of para-hydroxylation sites is 1. The Kier molecular flexibility index (Phi) is 4.09. The minimum Gasteiger partial charge on any atom is -0.487 e. The Morgan fingerprint density at radius 3 is 3.19 bits per heavy atom. The summed E-state index contributed by atoms with van der Waals surface area (Å²) >= 11 is 0. The van der Waals surface area contributed by atoms with Gasteiger partial charge in [0.25, 0.3) is 0 Å². The van der Waals surface area contributed by atoms with Crippen molar-refractivity contribution in [2.45, 2.75) is 6.10 Å². The summed E-state index contributed by atoms with van der Waals surface area (Å²) in [4.78, 5) is 2.23. The molecule has 1 aromatic rings. The third kappa shape index (κ3) is 3.18. The number of ether oxygens (including phenoxy) is 3. The van der Waals surface area contributed by atoms with Gasteiger partial charge in [-0.25, -0.2) is 0 Å². The van der Waals surface area contributed by atoms with Gasteiger partial charge >= 0.3 is 0 Å². The summed E-state index contributed by atoms with van der Waals surface area (Å²) in [6.45, 7) is 3.37. The van der Waals surface area contributed by atoms with Crippen molar-refractivity contribution in [2.24, 2.45) is 0 Å². The smallest absolute Gasteiger partial charge is 0.168 e. The fourth-order valence-electron chi connectivity index (χ4n) is 2.51. The number of morpholine rings is 1. The molecular formula is C16H18N2O3. The summed E-state index contributed by atoms with van der Waals surface area (Å²) in [6, 6.07) is 7.83. The molecule has 5 heteroatoms. The average molecular weight is 286 g/mol. The number of hydrogen-bond donors (Lipinski definition) is 0. The highest BCUT2D eigenvalue weighted by Crippen LogP contribution is 2.35. The molecule has 110 valence electrons. The van der Waals surface area contributed by atoms with Gasteiger partial charge < -0.3 is 19.1 Å².